The lowest BCUT2D eigenvalue weighted by molar-refractivity contribution is 0.0499. The highest BCUT2D eigenvalue weighted by molar-refractivity contribution is 5.71. The number of hydrogen-bond donors (Lipinski definition) is 2. The Kier molecular flexibility index (Phi) is 4.21. The molecule has 0 spiro atoms. The van der Waals surface area contributed by atoms with E-state index in [1.807, 2.05) is 0 Å². The molecule has 1 fully saturated rings. The van der Waals surface area contributed by atoms with Crippen LogP contribution in [0.3, 0.4) is 0 Å². The Hall–Kier alpha value is -1.97. The Morgan fingerprint density at radius 2 is 2.21 bits per heavy atom. The smallest absolute Gasteiger partial charge is 0.284 e. The molecule has 0 amide bonds. The van der Waals surface area contributed by atoms with Gasteiger partial charge in [-0.15, -0.1) is 0 Å². The van der Waals surface area contributed by atoms with Crippen LogP contribution in [0.5, 0.6) is 0 Å². The number of aromatic nitrogens is 4. The first-order chi connectivity index (χ1) is 11.8. The molecule has 2 aliphatic rings. The minimum Gasteiger partial charge on any atom is -0.394 e. The van der Waals surface area contributed by atoms with Gasteiger partial charge < -0.3 is 15.2 Å². The lowest BCUT2D eigenvalue weighted by Gasteiger charge is -2.34. The van der Waals surface area contributed by atoms with Crippen LogP contribution in [0.25, 0.3) is 11.2 Å². The summed E-state index contributed by atoms with van der Waals surface area (Å²) in [6.45, 7) is 1.66. The highest BCUT2D eigenvalue weighted by Crippen LogP contribution is 2.26. The molecule has 9 heteroatoms. The number of imidazole rings is 1. The summed E-state index contributed by atoms with van der Waals surface area (Å²) in [6, 6.07) is 0.540. The van der Waals surface area contributed by atoms with Crippen molar-refractivity contribution < 1.29 is 9.84 Å². The van der Waals surface area contributed by atoms with E-state index >= 15 is 0 Å². The van der Waals surface area contributed by atoms with E-state index in [0.29, 0.717) is 36.5 Å². The van der Waals surface area contributed by atoms with Crippen molar-refractivity contribution in [3.63, 3.8) is 0 Å². The van der Waals surface area contributed by atoms with E-state index in [1.54, 1.807) is 15.5 Å². The first-order valence-electron chi connectivity index (χ1n) is 8.40. The molecule has 0 bridgehead atoms. The van der Waals surface area contributed by atoms with E-state index in [9.17, 15) is 4.79 Å². The van der Waals surface area contributed by atoms with Gasteiger partial charge in [0.1, 0.15) is 6.73 Å². The fourth-order valence-corrected chi connectivity index (χ4v) is 3.53. The second kappa shape index (κ2) is 6.50. The summed E-state index contributed by atoms with van der Waals surface area (Å²) in [7, 11) is 0. The normalized spacial score (nSPS) is 18.9. The summed E-state index contributed by atoms with van der Waals surface area (Å²) < 4.78 is 8.64. The summed E-state index contributed by atoms with van der Waals surface area (Å²) in [5, 5.41) is 12.1. The molecule has 2 N–H and O–H groups in total. The van der Waals surface area contributed by atoms with Crippen molar-refractivity contribution in [3.8, 4) is 0 Å². The average molecular weight is 334 g/mol. The monoisotopic (exact) mass is 334 g/mol. The zero-order chi connectivity index (χ0) is 16.5. The van der Waals surface area contributed by atoms with Crippen molar-refractivity contribution >= 4 is 17.1 Å². The van der Waals surface area contributed by atoms with Crippen LogP contribution in [0, 0.1) is 0 Å². The molecule has 130 valence electrons. The molecule has 0 atom stereocenters. The van der Waals surface area contributed by atoms with E-state index < -0.39 is 0 Å². The molecular formula is C15H22N6O3. The van der Waals surface area contributed by atoms with Gasteiger partial charge in [0.2, 0.25) is 5.95 Å². The number of aliphatic hydroxyl groups is 1. The van der Waals surface area contributed by atoms with Crippen molar-refractivity contribution in [1.82, 2.24) is 24.0 Å². The molecule has 1 saturated carbocycles. The van der Waals surface area contributed by atoms with Crippen LogP contribution in [0.4, 0.5) is 5.95 Å². The number of ether oxygens (including phenoxy) is 1. The summed E-state index contributed by atoms with van der Waals surface area (Å²) in [5.41, 5.74) is 0.721. The van der Waals surface area contributed by atoms with Gasteiger partial charge >= 0.3 is 0 Å². The number of fused-ring (bicyclic) bond motifs is 2. The van der Waals surface area contributed by atoms with Crippen LogP contribution in [-0.2, 0) is 18.1 Å². The quantitative estimate of drug-likeness (QED) is 0.751. The SMILES string of the molecule is O=c1c2ncn(COCCO)c2nc2n1CN(C1CCCC1)CN2. The molecule has 2 aromatic rings. The molecule has 0 unspecified atom stereocenters. The highest BCUT2D eigenvalue weighted by atomic mass is 16.5. The lowest BCUT2D eigenvalue weighted by Crippen LogP contribution is -2.46. The van der Waals surface area contributed by atoms with Crippen LogP contribution in [0.2, 0.25) is 0 Å². The van der Waals surface area contributed by atoms with Gasteiger partial charge in [-0.25, -0.2) is 4.98 Å². The summed E-state index contributed by atoms with van der Waals surface area (Å²) in [6.07, 6.45) is 6.46. The fourth-order valence-electron chi connectivity index (χ4n) is 3.53. The third-order valence-corrected chi connectivity index (χ3v) is 4.80. The van der Waals surface area contributed by atoms with Gasteiger partial charge in [0.05, 0.1) is 32.9 Å². The van der Waals surface area contributed by atoms with Crippen LogP contribution in [-0.4, -0.2) is 55.0 Å². The molecule has 0 radical (unpaired) electrons. The first-order valence-corrected chi connectivity index (χ1v) is 8.40. The minimum atomic E-state index is -0.133. The van der Waals surface area contributed by atoms with E-state index in [2.05, 4.69) is 20.2 Å². The lowest BCUT2D eigenvalue weighted by atomic mass is 10.2. The Labute approximate surface area is 138 Å². The summed E-state index contributed by atoms with van der Waals surface area (Å²) in [5.74, 6) is 0.575. The zero-order valence-electron chi connectivity index (χ0n) is 13.5. The Morgan fingerprint density at radius 3 is 3.00 bits per heavy atom. The standard InChI is InChI=1S/C15H22N6O3/c22-5-6-24-10-20-7-16-12-13(20)18-15-17-8-19(9-21(15)14(12)23)11-3-1-2-4-11/h7,11,22H,1-6,8-10H2,(H,17,18). The number of aliphatic hydroxyl groups excluding tert-OH is 1. The molecule has 3 heterocycles. The van der Waals surface area contributed by atoms with E-state index in [-0.39, 0.29) is 25.5 Å². The van der Waals surface area contributed by atoms with Crippen molar-refractivity contribution in [1.29, 1.82) is 0 Å². The summed E-state index contributed by atoms with van der Waals surface area (Å²) in [4.78, 5) is 23.8. The molecule has 2 aromatic heterocycles. The van der Waals surface area contributed by atoms with Gasteiger partial charge in [0.25, 0.3) is 5.56 Å². The third kappa shape index (κ3) is 2.68. The third-order valence-electron chi connectivity index (χ3n) is 4.80. The Balaban J connectivity index is 1.63. The maximum Gasteiger partial charge on any atom is 0.284 e. The Bertz CT molecular complexity index is 779. The maximum absolute atomic E-state index is 12.8. The topological polar surface area (TPSA) is 97.4 Å². The summed E-state index contributed by atoms with van der Waals surface area (Å²) >= 11 is 0. The van der Waals surface area contributed by atoms with E-state index in [4.69, 9.17) is 9.84 Å². The van der Waals surface area contributed by atoms with Gasteiger partial charge in [-0.05, 0) is 12.8 Å². The average Bonchev–Trinajstić information content (AvgIpc) is 3.26. The molecule has 9 nitrogen and oxygen atoms in total. The number of nitrogens with zero attached hydrogens (tertiary/aromatic N) is 5. The molecular weight excluding hydrogens is 312 g/mol. The van der Waals surface area contributed by atoms with Crippen molar-refractivity contribution in [2.45, 2.75) is 45.1 Å². The van der Waals surface area contributed by atoms with E-state index in [1.165, 1.54) is 25.7 Å². The van der Waals surface area contributed by atoms with Crippen molar-refractivity contribution in [2.24, 2.45) is 0 Å². The number of hydrogen-bond acceptors (Lipinski definition) is 7. The van der Waals surface area contributed by atoms with Gasteiger partial charge in [-0.2, -0.15) is 4.98 Å². The van der Waals surface area contributed by atoms with Crippen LogP contribution in [0.1, 0.15) is 25.7 Å². The van der Waals surface area contributed by atoms with Gasteiger partial charge in [0.15, 0.2) is 11.2 Å². The second-order valence-corrected chi connectivity index (χ2v) is 6.32. The van der Waals surface area contributed by atoms with Gasteiger partial charge in [-0.1, -0.05) is 12.8 Å². The van der Waals surface area contributed by atoms with Crippen LogP contribution >= 0.6 is 0 Å². The van der Waals surface area contributed by atoms with E-state index in [0.717, 1.165) is 0 Å². The highest BCUT2D eigenvalue weighted by Gasteiger charge is 2.28. The molecule has 24 heavy (non-hydrogen) atoms. The van der Waals surface area contributed by atoms with Crippen molar-refractivity contribution in [2.75, 3.05) is 25.2 Å². The predicted molar refractivity (Wildman–Crippen MR) is 87.4 cm³/mol. The molecule has 4 rings (SSSR count). The maximum atomic E-state index is 12.8. The molecule has 1 aliphatic heterocycles. The number of anilines is 1. The Morgan fingerprint density at radius 1 is 1.38 bits per heavy atom. The van der Waals surface area contributed by atoms with Gasteiger partial charge in [0, 0.05) is 6.04 Å². The van der Waals surface area contributed by atoms with Crippen molar-refractivity contribution in [3.05, 3.63) is 16.7 Å². The van der Waals surface area contributed by atoms with Crippen LogP contribution in [0.15, 0.2) is 11.1 Å². The van der Waals surface area contributed by atoms with Gasteiger partial charge in [-0.3, -0.25) is 18.8 Å². The molecule has 0 aromatic carbocycles. The second-order valence-electron chi connectivity index (χ2n) is 6.32. The first kappa shape index (κ1) is 15.6. The molecule has 0 saturated heterocycles. The fraction of sp³-hybridized carbons (Fsp3) is 0.667. The number of nitrogens with one attached hydrogen (secondary N) is 1. The zero-order valence-corrected chi connectivity index (χ0v) is 13.5. The number of rotatable bonds is 5. The van der Waals surface area contributed by atoms with Crippen LogP contribution < -0.4 is 10.9 Å². The minimum absolute atomic E-state index is 0.0450. The predicted octanol–water partition coefficient (Wildman–Crippen LogP) is 0.144. The molecule has 1 aliphatic carbocycles. The largest absolute Gasteiger partial charge is 0.394 e.